The summed E-state index contributed by atoms with van der Waals surface area (Å²) in [5, 5.41) is 3.12. The van der Waals surface area contributed by atoms with Gasteiger partial charge in [-0.25, -0.2) is 0 Å². The summed E-state index contributed by atoms with van der Waals surface area (Å²) in [6.07, 6.45) is -2.98. The predicted molar refractivity (Wildman–Crippen MR) is 69.4 cm³/mol. The molecular weight excluding hydrogens is 269 g/mol. The monoisotopic (exact) mass is 286 g/mol. The molecule has 1 N–H and O–H groups in total. The van der Waals surface area contributed by atoms with Crippen LogP contribution < -0.4 is 5.32 Å². The zero-order valence-electron chi connectivity index (χ0n) is 11.2. The van der Waals surface area contributed by atoms with Gasteiger partial charge in [-0.15, -0.1) is 0 Å². The molecule has 1 amide bonds. The van der Waals surface area contributed by atoms with E-state index >= 15 is 0 Å². The summed E-state index contributed by atoms with van der Waals surface area (Å²) in [4.78, 5) is 13.8. The zero-order chi connectivity index (χ0) is 14.8. The molecule has 0 spiro atoms. The highest BCUT2D eigenvalue weighted by molar-refractivity contribution is 5.96. The lowest BCUT2D eigenvalue weighted by atomic mass is 10.0. The Hall–Kier alpha value is -1.56. The molecule has 0 radical (unpaired) electrons. The van der Waals surface area contributed by atoms with Gasteiger partial charge in [0.15, 0.2) is 0 Å². The fourth-order valence-electron chi connectivity index (χ4n) is 2.46. The van der Waals surface area contributed by atoms with Crippen molar-refractivity contribution >= 4 is 5.91 Å². The van der Waals surface area contributed by atoms with Crippen LogP contribution in [-0.2, 0) is 6.18 Å². The topological polar surface area (TPSA) is 32.3 Å². The third-order valence-electron chi connectivity index (χ3n) is 3.65. The molecule has 110 valence electrons. The van der Waals surface area contributed by atoms with Crippen LogP contribution in [0.1, 0.15) is 28.8 Å². The van der Waals surface area contributed by atoms with E-state index in [1.807, 2.05) is 7.05 Å². The Labute approximate surface area is 115 Å². The molecule has 3 nitrogen and oxygen atoms in total. The maximum atomic E-state index is 12.9. The molecule has 1 heterocycles. The molecule has 6 heteroatoms. The molecule has 1 aliphatic rings. The number of piperidine rings is 1. The second-order valence-corrected chi connectivity index (χ2v) is 4.90. The van der Waals surface area contributed by atoms with E-state index in [0.29, 0.717) is 19.1 Å². The van der Waals surface area contributed by atoms with Crippen LogP contribution in [0.2, 0.25) is 0 Å². The Morgan fingerprint density at radius 2 is 1.85 bits per heavy atom. The van der Waals surface area contributed by atoms with E-state index in [9.17, 15) is 18.0 Å². The Bertz CT molecular complexity index is 480. The van der Waals surface area contributed by atoms with Crippen LogP contribution in [0.5, 0.6) is 0 Å². The van der Waals surface area contributed by atoms with E-state index < -0.39 is 17.6 Å². The number of amides is 1. The molecule has 0 bridgehead atoms. The fourth-order valence-corrected chi connectivity index (χ4v) is 2.46. The van der Waals surface area contributed by atoms with Gasteiger partial charge in [0, 0.05) is 19.1 Å². The minimum Gasteiger partial charge on any atom is -0.339 e. The first-order valence-electron chi connectivity index (χ1n) is 6.56. The standard InChI is InChI=1S/C14H17F3N2O/c1-18-10-6-8-19(9-7-10)13(20)11-4-2-3-5-12(11)14(15,16)17/h2-5,10,18H,6-9H2,1H3. The minimum absolute atomic E-state index is 0.261. The number of carbonyl (C=O) groups excluding carboxylic acids is 1. The number of likely N-dealkylation sites (tertiary alicyclic amines) is 1. The maximum absolute atomic E-state index is 12.9. The van der Waals surface area contributed by atoms with Gasteiger partial charge < -0.3 is 10.2 Å². The van der Waals surface area contributed by atoms with Gasteiger partial charge in [0.2, 0.25) is 0 Å². The summed E-state index contributed by atoms with van der Waals surface area (Å²) in [6.45, 7) is 0.965. The first-order chi connectivity index (χ1) is 9.43. The van der Waals surface area contributed by atoms with Crippen molar-refractivity contribution in [2.75, 3.05) is 20.1 Å². The van der Waals surface area contributed by atoms with Crippen LogP contribution in [0, 0.1) is 0 Å². The summed E-state index contributed by atoms with van der Waals surface area (Å²) >= 11 is 0. The number of nitrogens with one attached hydrogen (secondary N) is 1. The number of benzene rings is 1. The number of hydrogen-bond donors (Lipinski definition) is 1. The van der Waals surface area contributed by atoms with Gasteiger partial charge in [-0.1, -0.05) is 12.1 Å². The van der Waals surface area contributed by atoms with E-state index in [-0.39, 0.29) is 5.56 Å². The molecule has 1 fully saturated rings. The van der Waals surface area contributed by atoms with Crippen molar-refractivity contribution in [3.63, 3.8) is 0 Å². The summed E-state index contributed by atoms with van der Waals surface area (Å²) < 4.78 is 38.7. The molecule has 1 aliphatic heterocycles. The van der Waals surface area contributed by atoms with E-state index in [2.05, 4.69) is 5.32 Å². The van der Waals surface area contributed by atoms with Crippen LogP contribution >= 0.6 is 0 Å². The number of carbonyl (C=O) groups is 1. The largest absolute Gasteiger partial charge is 0.417 e. The molecule has 20 heavy (non-hydrogen) atoms. The quantitative estimate of drug-likeness (QED) is 0.906. The molecule has 0 saturated carbocycles. The van der Waals surface area contributed by atoms with Gasteiger partial charge in [-0.3, -0.25) is 4.79 Å². The highest BCUT2D eigenvalue weighted by Crippen LogP contribution is 2.32. The minimum atomic E-state index is -4.50. The lowest BCUT2D eigenvalue weighted by Gasteiger charge is -2.32. The van der Waals surface area contributed by atoms with Crippen molar-refractivity contribution in [1.82, 2.24) is 10.2 Å². The number of nitrogens with zero attached hydrogens (tertiary/aromatic N) is 1. The highest BCUT2D eigenvalue weighted by Gasteiger charge is 2.36. The van der Waals surface area contributed by atoms with Crippen LogP contribution in [0.15, 0.2) is 24.3 Å². The molecule has 0 aromatic heterocycles. The number of halogens is 3. The molecule has 0 unspecified atom stereocenters. The van der Waals surface area contributed by atoms with Crippen molar-refractivity contribution in [1.29, 1.82) is 0 Å². The van der Waals surface area contributed by atoms with Crippen molar-refractivity contribution in [2.45, 2.75) is 25.1 Å². The Morgan fingerprint density at radius 3 is 2.40 bits per heavy atom. The summed E-state index contributed by atoms with van der Waals surface area (Å²) in [5.41, 5.74) is -1.12. The smallest absolute Gasteiger partial charge is 0.339 e. The number of rotatable bonds is 2. The molecule has 0 aliphatic carbocycles. The molecule has 0 atom stereocenters. The maximum Gasteiger partial charge on any atom is 0.417 e. The normalized spacial score (nSPS) is 17.3. The second-order valence-electron chi connectivity index (χ2n) is 4.90. The molecule has 1 saturated heterocycles. The number of alkyl halides is 3. The second kappa shape index (κ2) is 5.83. The van der Waals surface area contributed by atoms with Crippen LogP contribution in [-0.4, -0.2) is 37.0 Å². The Kier molecular flexibility index (Phi) is 4.32. The lowest BCUT2D eigenvalue weighted by molar-refractivity contribution is -0.138. The fraction of sp³-hybridized carbons (Fsp3) is 0.500. The van der Waals surface area contributed by atoms with Crippen LogP contribution in [0.3, 0.4) is 0 Å². The highest BCUT2D eigenvalue weighted by atomic mass is 19.4. The van der Waals surface area contributed by atoms with E-state index in [4.69, 9.17) is 0 Å². The molecule has 1 aromatic rings. The van der Waals surface area contributed by atoms with Crippen molar-refractivity contribution < 1.29 is 18.0 Å². The Balaban J connectivity index is 2.18. The first-order valence-corrected chi connectivity index (χ1v) is 6.56. The van der Waals surface area contributed by atoms with E-state index in [1.165, 1.54) is 23.1 Å². The summed E-state index contributed by atoms with van der Waals surface area (Å²) in [7, 11) is 1.85. The van der Waals surface area contributed by atoms with Gasteiger partial charge in [0.25, 0.3) is 5.91 Å². The SMILES string of the molecule is CNC1CCN(C(=O)c2ccccc2C(F)(F)F)CC1. The van der Waals surface area contributed by atoms with Crippen molar-refractivity contribution in [2.24, 2.45) is 0 Å². The zero-order valence-corrected chi connectivity index (χ0v) is 11.2. The third-order valence-corrected chi connectivity index (χ3v) is 3.65. The van der Waals surface area contributed by atoms with Gasteiger partial charge in [0.1, 0.15) is 0 Å². The molecular formula is C14H17F3N2O. The predicted octanol–water partition coefficient (Wildman–Crippen LogP) is 2.53. The molecule has 2 rings (SSSR count). The van der Waals surface area contributed by atoms with Crippen LogP contribution in [0.25, 0.3) is 0 Å². The van der Waals surface area contributed by atoms with Crippen molar-refractivity contribution in [3.05, 3.63) is 35.4 Å². The van der Waals surface area contributed by atoms with Gasteiger partial charge in [-0.05, 0) is 32.0 Å². The van der Waals surface area contributed by atoms with Crippen LogP contribution in [0.4, 0.5) is 13.2 Å². The first kappa shape index (κ1) is 14.8. The van der Waals surface area contributed by atoms with E-state index in [1.54, 1.807) is 0 Å². The van der Waals surface area contributed by atoms with Gasteiger partial charge in [0.05, 0.1) is 11.1 Å². The summed E-state index contributed by atoms with van der Waals surface area (Å²) in [5.74, 6) is -0.535. The summed E-state index contributed by atoms with van der Waals surface area (Å²) in [6, 6.07) is 5.29. The average molecular weight is 286 g/mol. The van der Waals surface area contributed by atoms with Gasteiger partial charge in [-0.2, -0.15) is 13.2 Å². The third kappa shape index (κ3) is 3.12. The molecule has 1 aromatic carbocycles. The average Bonchev–Trinajstić information content (AvgIpc) is 2.46. The Morgan fingerprint density at radius 1 is 1.25 bits per heavy atom. The van der Waals surface area contributed by atoms with Gasteiger partial charge >= 0.3 is 6.18 Å². The van der Waals surface area contributed by atoms with Crippen molar-refractivity contribution in [3.8, 4) is 0 Å². The lowest BCUT2D eigenvalue weighted by Crippen LogP contribution is -2.44. The van der Waals surface area contributed by atoms with E-state index in [0.717, 1.165) is 18.9 Å². The number of hydrogen-bond acceptors (Lipinski definition) is 2.